The van der Waals surface area contributed by atoms with E-state index in [0.29, 0.717) is 29.7 Å². The predicted molar refractivity (Wildman–Crippen MR) is 72.1 cm³/mol. The molecule has 1 fully saturated rings. The van der Waals surface area contributed by atoms with E-state index in [0.717, 1.165) is 0 Å². The molecule has 1 saturated heterocycles. The summed E-state index contributed by atoms with van der Waals surface area (Å²) >= 11 is 3.10. The normalized spacial score (nSPS) is 19.3. The Hall–Kier alpha value is -1.47. The van der Waals surface area contributed by atoms with Crippen LogP contribution in [0.15, 0.2) is 22.7 Å². The lowest BCUT2D eigenvalue weighted by molar-refractivity contribution is -0.385. The minimum absolute atomic E-state index is 0.0110. The number of ether oxygens (including phenoxy) is 1. The van der Waals surface area contributed by atoms with Crippen LogP contribution < -0.4 is 0 Å². The Morgan fingerprint density at radius 1 is 1.58 bits per heavy atom. The van der Waals surface area contributed by atoms with Gasteiger partial charge in [0.2, 0.25) is 0 Å². The summed E-state index contributed by atoms with van der Waals surface area (Å²) in [6.07, 6.45) is -0.0110. The van der Waals surface area contributed by atoms with Crippen LogP contribution in [0.1, 0.15) is 17.3 Å². The molecule has 0 saturated carbocycles. The lowest BCUT2D eigenvalue weighted by atomic mass is 10.1. The van der Waals surface area contributed by atoms with Crippen molar-refractivity contribution in [2.24, 2.45) is 0 Å². The second kappa shape index (κ2) is 5.66. The highest BCUT2D eigenvalue weighted by Gasteiger charge is 2.24. The molecular formula is C12H13BrN2O4. The molecule has 1 aromatic rings. The van der Waals surface area contributed by atoms with Crippen molar-refractivity contribution in [2.45, 2.75) is 13.0 Å². The van der Waals surface area contributed by atoms with Gasteiger partial charge in [-0.25, -0.2) is 0 Å². The van der Waals surface area contributed by atoms with Gasteiger partial charge in [-0.1, -0.05) is 0 Å². The van der Waals surface area contributed by atoms with Gasteiger partial charge < -0.3 is 9.64 Å². The summed E-state index contributed by atoms with van der Waals surface area (Å²) in [5.41, 5.74) is 0.219. The first-order chi connectivity index (χ1) is 8.99. The number of rotatable bonds is 2. The van der Waals surface area contributed by atoms with E-state index >= 15 is 0 Å². The fourth-order valence-electron chi connectivity index (χ4n) is 1.97. The number of morpholine rings is 1. The zero-order valence-corrected chi connectivity index (χ0v) is 11.9. The Balaban J connectivity index is 2.24. The zero-order chi connectivity index (χ0) is 14.0. The zero-order valence-electron chi connectivity index (χ0n) is 10.3. The maximum Gasteiger partial charge on any atom is 0.284 e. The number of nitro benzene ring substituents is 1. The van der Waals surface area contributed by atoms with Gasteiger partial charge in [-0.3, -0.25) is 14.9 Å². The number of hydrogen-bond acceptors (Lipinski definition) is 4. The van der Waals surface area contributed by atoms with Gasteiger partial charge >= 0.3 is 0 Å². The van der Waals surface area contributed by atoms with Crippen LogP contribution in [0.3, 0.4) is 0 Å². The van der Waals surface area contributed by atoms with E-state index in [2.05, 4.69) is 15.9 Å². The van der Waals surface area contributed by atoms with Gasteiger partial charge in [0.1, 0.15) is 0 Å². The largest absolute Gasteiger partial charge is 0.375 e. The first-order valence-corrected chi connectivity index (χ1v) is 6.63. The van der Waals surface area contributed by atoms with Gasteiger partial charge in [0, 0.05) is 24.7 Å². The fraction of sp³-hybridized carbons (Fsp3) is 0.417. The molecule has 1 aliphatic heterocycles. The Kier molecular flexibility index (Phi) is 4.16. The van der Waals surface area contributed by atoms with Gasteiger partial charge in [0.05, 0.1) is 22.1 Å². The smallest absolute Gasteiger partial charge is 0.284 e. The van der Waals surface area contributed by atoms with Crippen molar-refractivity contribution in [2.75, 3.05) is 19.7 Å². The maximum absolute atomic E-state index is 12.3. The third-order valence-corrected chi connectivity index (χ3v) is 3.59. The quantitative estimate of drug-likeness (QED) is 0.616. The van der Waals surface area contributed by atoms with Crippen LogP contribution in [0.2, 0.25) is 0 Å². The molecule has 0 aliphatic carbocycles. The number of nitrogens with zero attached hydrogens (tertiary/aromatic N) is 2. The van der Waals surface area contributed by atoms with E-state index in [1.165, 1.54) is 12.1 Å². The summed E-state index contributed by atoms with van der Waals surface area (Å²) in [6.45, 7) is 3.39. The molecule has 1 aromatic carbocycles. The van der Waals surface area contributed by atoms with Crippen LogP contribution in [-0.4, -0.2) is 41.5 Å². The molecule has 1 aliphatic rings. The van der Waals surface area contributed by atoms with Crippen LogP contribution in [0, 0.1) is 10.1 Å². The second-order valence-corrected chi connectivity index (χ2v) is 5.21. The van der Waals surface area contributed by atoms with Crippen LogP contribution >= 0.6 is 15.9 Å². The molecule has 0 aromatic heterocycles. The lowest BCUT2D eigenvalue weighted by Crippen LogP contribution is -2.44. The van der Waals surface area contributed by atoms with Gasteiger partial charge in [-0.05, 0) is 35.0 Å². The Labute approximate surface area is 118 Å². The van der Waals surface area contributed by atoms with Crippen molar-refractivity contribution in [3.8, 4) is 0 Å². The van der Waals surface area contributed by atoms with Crippen LogP contribution in [0.5, 0.6) is 0 Å². The molecule has 102 valence electrons. The van der Waals surface area contributed by atoms with Gasteiger partial charge in [-0.15, -0.1) is 0 Å². The minimum Gasteiger partial charge on any atom is -0.375 e. The Morgan fingerprint density at radius 3 is 2.95 bits per heavy atom. The SMILES string of the molecule is CC1CN(C(=O)c2ccc(Br)c([N+](=O)[O-])c2)CCO1. The van der Waals surface area contributed by atoms with Crippen molar-refractivity contribution in [3.63, 3.8) is 0 Å². The number of hydrogen-bond donors (Lipinski definition) is 0. The van der Waals surface area contributed by atoms with E-state index in [1.807, 2.05) is 6.92 Å². The second-order valence-electron chi connectivity index (χ2n) is 4.36. The van der Waals surface area contributed by atoms with Crippen LogP contribution in [0.25, 0.3) is 0 Å². The molecule has 0 radical (unpaired) electrons. The van der Waals surface area contributed by atoms with Gasteiger partial charge in [0.25, 0.3) is 11.6 Å². The highest BCUT2D eigenvalue weighted by molar-refractivity contribution is 9.10. The van der Waals surface area contributed by atoms with E-state index in [1.54, 1.807) is 11.0 Å². The van der Waals surface area contributed by atoms with Crippen molar-refractivity contribution in [1.82, 2.24) is 4.90 Å². The van der Waals surface area contributed by atoms with Gasteiger partial charge in [-0.2, -0.15) is 0 Å². The summed E-state index contributed by atoms with van der Waals surface area (Å²) in [5.74, 6) is -0.203. The third kappa shape index (κ3) is 3.10. The first kappa shape index (κ1) is 14.0. The van der Waals surface area contributed by atoms with Crippen LogP contribution in [0.4, 0.5) is 5.69 Å². The predicted octanol–water partition coefficient (Wildman–Crippen LogP) is 2.22. The lowest BCUT2D eigenvalue weighted by Gasteiger charge is -2.31. The van der Waals surface area contributed by atoms with Crippen molar-refractivity contribution in [3.05, 3.63) is 38.3 Å². The van der Waals surface area contributed by atoms with Gasteiger partial charge in [0.15, 0.2) is 0 Å². The fourth-order valence-corrected chi connectivity index (χ4v) is 2.36. The van der Waals surface area contributed by atoms with E-state index in [4.69, 9.17) is 4.74 Å². The molecule has 7 heteroatoms. The summed E-state index contributed by atoms with van der Waals surface area (Å²) in [5, 5.41) is 10.9. The number of nitro groups is 1. The molecule has 1 amide bonds. The molecular weight excluding hydrogens is 316 g/mol. The highest BCUT2D eigenvalue weighted by Crippen LogP contribution is 2.26. The molecule has 0 N–H and O–H groups in total. The van der Waals surface area contributed by atoms with E-state index < -0.39 is 4.92 Å². The first-order valence-electron chi connectivity index (χ1n) is 5.84. The molecule has 0 spiro atoms. The minimum atomic E-state index is -0.511. The maximum atomic E-state index is 12.3. The van der Waals surface area contributed by atoms with E-state index in [9.17, 15) is 14.9 Å². The number of halogens is 1. The third-order valence-electron chi connectivity index (χ3n) is 2.92. The summed E-state index contributed by atoms with van der Waals surface area (Å²) < 4.78 is 5.73. The number of carbonyl (C=O) groups is 1. The molecule has 1 atom stereocenters. The molecule has 0 bridgehead atoms. The Bertz CT molecular complexity index is 520. The highest BCUT2D eigenvalue weighted by atomic mass is 79.9. The van der Waals surface area contributed by atoms with Crippen molar-refractivity contribution >= 4 is 27.5 Å². The monoisotopic (exact) mass is 328 g/mol. The average molecular weight is 329 g/mol. The summed E-state index contributed by atoms with van der Waals surface area (Å²) in [4.78, 5) is 24.3. The molecule has 2 rings (SSSR count). The molecule has 19 heavy (non-hydrogen) atoms. The molecule has 6 nitrogen and oxygen atoms in total. The van der Waals surface area contributed by atoms with Crippen LogP contribution in [-0.2, 0) is 4.74 Å². The number of carbonyl (C=O) groups excluding carboxylic acids is 1. The summed E-state index contributed by atoms with van der Waals surface area (Å²) in [6, 6.07) is 4.40. The van der Waals surface area contributed by atoms with Crippen molar-refractivity contribution < 1.29 is 14.5 Å². The summed E-state index contributed by atoms with van der Waals surface area (Å²) in [7, 11) is 0. The topological polar surface area (TPSA) is 72.7 Å². The number of amides is 1. The molecule has 1 unspecified atom stereocenters. The average Bonchev–Trinajstić information content (AvgIpc) is 2.38. The van der Waals surface area contributed by atoms with Crippen molar-refractivity contribution in [1.29, 1.82) is 0 Å². The van der Waals surface area contributed by atoms with E-state index in [-0.39, 0.29) is 17.7 Å². The molecule has 1 heterocycles. The standard InChI is InChI=1S/C12H13BrN2O4/c1-8-7-14(4-5-19-8)12(16)9-2-3-10(13)11(6-9)15(17)18/h2-3,6,8H,4-5,7H2,1H3. The number of benzene rings is 1. The Morgan fingerprint density at radius 2 is 2.32 bits per heavy atom.